The number of carboxylic acid groups (broad SMARTS) is 1. The highest BCUT2D eigenvalue weighted by Gasteiger charge is 2.24. The Hall–Kier alpha value is -1.81. The highest BCUT2D eigenvalue weighted by Crippen LogP contribution is 2.27. The van der Waals surface area contributed by atoms with Crippen LogP contribution < -0.4 is 0 Å². The molecule has 1 N–H and O–H groups in total. The SMILES string of the molecule is CCCCCC=CCC=CCCCCCCCCC(CCCCCCCCC=CCC=CCCCCC)C(CCCCN(C)C)OC(=O)O. The summed E-state index contributed by atoms with van der Waals surface area (Å²) in [5.41, 5.74) is 0. The van der Waals surface area contributed by atoms with Gasteiger partial charge in [0.1, 0.15) is 6.10 Å². The van der Waals surface area contributed by atoms with Gasteiger partial charge in [0, 0.05) is 0 Å². The number of allylic oxidation sites excluding steroid dienone is 8. The second-order valence-electron chi connectivity index (χ2n) is 14.7. The predicted octanol–water partition coefficient (Wildman–Crippen LogP) is 14.8. The maximum atomic E-state index is 11.7. The van der Waals surface area contributed by atoms with E-state index in [1.54, 1.807) is 0 Å². The van der Waals surface area contributed by atoms with E-state index in [0.717, 1.165) is 51.5 Å². The van der Waals surface area contributed by atoms with Gasteiger partial charge in [0.2, 0.25) is 0 Å². The van der Waals surface area contributed by atoms with Crippen LogP contribution in [0, 0.1) is 5.92 Å². The van der Waals surface area contributed by atoms with Gasteiger partial charge in [-0.05, 0) is 123 Å². The van der Waals surface area contributed by atoms with Crippen molar-refractivity contribution < 1.29 is 14.6 Å². The molecule has 0 aromatic heterocycles. The highest BCUT2D eigenvalue weighted by atomic mass is 16.7. The van der Waals surface area contributed by atoms with Crippen LogP contribution in [-0.2, 0) is 4.74 Å². The van der Waals surface area contributed by atoms with Crippen LogP contribution >= 0.6 is 0 Å². The second-order valence-corrected chi connectivity index (χ2v) is 14.7. The minimum atomic E-state index is -1.10. The van der Waals surface area contributed by atoms with Crippen molar-refractivity contribution in [2.24, 2.45) is 5.92 Å². The molecule has 0 bridgehead atoms. The molecule has 0 aliphatic rings. The summed E-state index contributed by atoms with van der Waals surface area (Å²) >= 11 is 0. The molecule has 0 amide bonds. The summed E-state index contributed by atoms with van der Waals surface area (Å²) in [5.74, 6) is 0.354. The zero-order valence-corrected chi connectivity index (χ0v) is 33.2. The number of hydrogen-bond acceptors (Lipinski definition) is 3. The van der Waals surface area contributed by atoms with Crippen molar-refractivity contribution >= 4 is 6.16 Å². The van der Waals surface area contributed by atoms with Crippen molar-refractivity contribution in [2.75, 3.05) is 20.6 Å². The molecule has 0 rings (SSSR count). The van der Waals surface area contributed by atoms with E-state index in [0.29, 0.717) is 5.92 Å². The second kappa shape index (κ2) is 39.0. The van der Waals surface area contributed by atoms with Crippen molar-refractivity contribution in [3.05, 3.63) is 48.6 Å². The van der Waals surface area contributed by atoms with E-state index in [1.807, 2.05) is 0 Å². The third kappa shape index (κ3) is 37.3. The van der Waals surface area contributed by atoms with Crippen LogP contribution in [0.4, 0.5) is 4.79 Å². The van der Waals surface area contributed by atoms with Gasteiger partial charge in [-0.25, -0.2) is 4.79 Å². The molecule has 0 aliphatic carbocycles. The van der Waals surface area contributed by atoms with Gasteiger partial charge in [0.15, 0.2) is 0 Å². The molecule has 286 valence electrons. The maximum absolute atomic E-state index is 11.7. The Morgan fingerprint density at radius 3 is 1.27 bits per heavy atom. The van der Waals surface area contributed by atoms with E-state index >= 15 is 0 Å². The summed E-state index contributed by atoms with van der Waals surface area (Å²) in [6, 6.07) is 0. The Bertz CT molecular complexity index is 751. The fourth-order valence-electron chi connectivity index (χ4n) is 6.60. The molecule has 0 saturated heterocycles. The molecule has 0 aromatic carbocycles. The van der Waals surface area contributed by atoms with Crippen molar-refractivity contribution in [2.45, 2.75) is 206 Å². The normalized spacial score (nSPS) is 13.6. The monoisotopic (exact) mass is 686 g/mol. The van der Waals surface area contributed by atoms with Gasteiger partial charge in [-0.3, -0.25) is 0 Å². The van der Waals surface area contributed by atoms with Crippen LogP contribution in [0.1, 0.15) is 200 Å². The van der Waals surface area contributed by atoms with Crippen LogP contribution in [0.3, 0.4) is 0 Å². The molecule has 0 radical (unpaired) electrons. The number of ether oxygens (including phenoxy) is 1. The van der Waals surface area contributed by atoms with E-state index in [4.69, 9.17) is 4.74 Å². The highest BCUT2D eigenvalue weighted by molar-refractivity contribution is 5.57. The fourth-order valence-corrected chi connectivity index (χ4v) is 6.60. The minimum Gasteiger partial charge on any atom is -0.450 e. The van der Waals surface area contributed by atoms with E-state index in [1.165, 1.54) is 141 Å². The number of nitrogens with zero attached hydrogens (tertiary/aromatic N) is 1. The van der Waals surface area contributed by atoms with Gasteiger partial charge in [0.05, 0.1) is 0 Å². The Labute approximate surface area is 306 Å². The van der Waals surface area contributed by atoms with Crippen LogP contribution in [0.5, 0.6) is 0 Å². The lowest BCUT2D eigenvalue weighted by Gasteiger charge is -2.26. The average molecular weight is 686 g/mol. The van der Waals surface area contributed by atoms with E-state index in [-0.39, 0.29) is 6.10 Å². The molecule has 0 aromatic rings. The predicted molar refractivity (Wildman–Crippen MR) is 217 cm³/mol. The minimum absolute atomic E-state index is 0.157. The first-order chi connectivity index (χ1) is 24.0. The summed E-state index contributed by atoms with van der Waals surface area (Å²) in [6.45, 7) is 5.56. The lowest BCUT2D eigenvalue weighted by molar-refractivity contribution is 0.0134. The van der Waals surface area contributed by atoms with Crippen molar-refractivity contribution in [1.29, 1.82) is 0 Å². The lowest BCUT2D eigenvalue weighted by atomic mass is 9.87. The number of carbonyl (C=O) groups is 1. The van der Waals surface area contributed by atoms with E-state index in [2.05, 4.69) is 81.5 Å². The summed E-state index contributed by atoms with van der Waals surface area (Å²) in [6.07, 6.45) is 52.7. The lowest BCUT2D eigenvalue weighted by Crippen LogP contribution is -2.27. The molecular formula is C45H83NO3. The first-order valence-corrected chi connectivity index (χ1v) is 21.1. The van der Waals surface area contributed by atoms with Crippen LogP contribution in [0.25, 0.3) is 0 Å². The molecule has 0 saturated carbocycles. The van der Waals surface area contributed by atoms with Crippen LogP contribution in [0.15, 0.2) is 48.6 Å². The van der Waals surface area contributed by atoms with Gasteiger partial charge in [-0.2, -0.15) is 0 Å². The first-order valence-electron chi connectivity index (χ1n) is 21.1. The van der Waals surface area contributed by atoms with Gasteiger partial charge >= 0.3 is 6.16 Å². The third-order valence-corrected chi connectivity index (χ3v) is 9.67. The largest absolute Gasteiger partial charge is 0.506 e. The molecule has 0 spiro atoms. The number of rotatable bonds is 37. The summed E-state index contributed by atoms with van der Waals surface area (Å²) in [7, 11) is 4.20. The number of unbranched alkanes of at least 4 members (excludes halogenated alkanes) is 19. The Morgan fingerprint density at radius 2 is 0.878 bits per heavy atom. The molecule has 0 fully saturated rings. The Morgan fingerprint density at radius 1 is 0.510 bits per heavy atom. The quantitative estimate of drug-likeness (QED) is 0.0402. The van der Waals surface area contributed by atoms with Crippen LogP contribution in [0.2, 0.25) is 0 Å². The molecule has 0 heterocycles. The maximum Gasteiger partial charge on any atom is 0.506 e. The summed E-state index contributed by atoms with van der Waals surface area (Å²) in [4.78, 5) is 13.9. The molecule has 1 atom stereocenters. The summed E-state index contributed by atoms with van der Waals surface area (Å²) in [5, 5.41) is 9.56. The molecule has 1 unspecified atom stereocenters. The molecule has 49 heavy (non-hydrogen) atoms. The van der Waals surface area contributed by atoms with Gasteiger partial charge < -0.3 is 14.7 Å². The molecule has 4 heteroatoms. The standard InChI is InChI=1S/C45H83NO3/c1-5-7-9-11-13-15-17-19-21-23-25-27-29-31-33-35-39-43(44(49-45(47)48)41-37-38-42-46(3)4)40-36-34-32-30-28-26-24-22-20-18-16-14-12-10-8-6-2/h13-16,19-22,43-44H,5-12,17-18,23-42H2,1-4H3,(H,47,48). The first kappa shape index (κ1) is 47.2. The zero-order valence-electron chi connectivity index (χ0n) is 33.2. The van der Waals surface area contributed by atoms with Gasteiger partial charge in [-0.15, -0.1) is 0 Å². The zero-order chi connectivity index (χ0) is 35.9. The Balaban J connectivity index is 4.36. The molecule has 4 nitrogen and oxygen atoms in total. The van der Waals surface area contributed by atoms with Gasteiger partial charge in [0.25, 0.3) is 0 Å². The smallest absolute Gasteiger partial charge is 0.450 e. The fraction of sp³-hybridized carbons (Fsp3) is 0.800. The van der Waals surface area contributed by atoms with E-state index in [9.17, 15) is 9.90 Å². The third-order valence-electron chi connectivity index (χ3n) is 9.67. The molecule has 0 aliphatic heterocycles. The van der Waals surface area contributed by atoms with Crippen molar-refractivity contribution in [3.8, 4) is 0 Å². The Kier molecular flexibility index (Phi) is 37.5. The van der Waals surface area contributed by atoms with E-state index < -0.39 is 6.16 Å². The van der Waals surface area contributed by atoms with Crippen LogP contribution in [-0.4, -0.2) is 42.9 Å². The topological polar surface area (TPSA) is 49.8 Å². The average Bonchev–Trinajstić information content (AvgIpc) is 3.08. The van der Waals surface area contributed by atoms with Crippen molar-refractivity contribution in [1.82, 2.24) is 4.90 Å². The van der Waals surface area contributed by atoms with Gasteiger partial charge in [-0.1, -0.05) is 152 Å². The van der Waals surface area contributed by atoms with Crippen molar-refractivity contribution in [3.63, 3.8) is 0 Å². The summed E-state index contributed by atoms with van der Waals surface area (Å²) < 4.78 is 5.56. The molecular weight excluding hydrogens is 602 g/mol. The number of hydrogen-bond donors (Lipinski definition) is 1.